The van der Waals surface area contributed by atoms with E-state index in [1.165, 1.54) is 17.4 Å². The lowest BCUT2D eigenvalue weighted by Gasteiger charge is -2.29. The molecule has 0 aromatic carbocycles. The number of nitrogens with zero attached hydrogens (tertiary/aromatic N) is 2. The van der Waals surface area contributed by atoms with E-state index in [2.05, 4.69) is 25.9 Å². The zero-order valence-corrected chi connectivity index (χ0v) is 18.1. The van der Waals surface area contributed by atoms with Crippen molar-refractivity contribution in [2.24, 2.45) is 5.73 Å². The first kappa shape index (κ1) is 24.2. The summed E-state index contributed by atoms with van der Waals surface area (Å²) in [5.74, 6) is -3.61. The number of hydrogen-bond acceptors (Lipinski definition) is 7. The monoisotopic (exact) mass is 463 g/mol. The maximum Gasteiger partial charge on any atom is 0.326 e. The predicted molar refractivity (Wildman–Crippen MR) is 113 cm³/mol. The van der Waals surface area contributed by atoms with Crippen LogP contribution in [0.25, 0.3) is 0 Å². The molecule has 0 bridgehead atoms. The molecule has 4 amide bonds. The van der Waals surface area contributed by atoms with Crippen LogP contribution >= 0.6 is 0 Å². The van der Waals surface area contributed by atoms with Crippen LogP contribution in [0.3, 0.4) is 0 Å². The normalized spacial score (nSPS) is 21.9. The number of amides is 4. The number of likely N-dealkylation sites (tertiary alicyclic amines) is 1. The Morgan fingerprint density at radius 2 is 1.91 bits per heavy atom. The molecule has 7 N–H and O–H groups in total. The molecule has 2 aliphatic rings. The van der Waals surface area contributed by atoms with E-state index < -0.39 is 60.2 Å². The van der Waals surface area contributed by atoms with Gasteiger partial charge in [-0.05, 0) is 32.2 Å². The van der Waals surface area contributed by atoms with Crippen LogP contribution in [-0.2, 0) is 30.4 Å². The highest BCUT2D eigenvalue weighted by atomic mass is 16.4. The molecular weight excluding hydrogens is 434 g/mol. The van der Waals surface area contributed by atoms with Crippen LogP contribution in [0.4, 0.5) is 0 Å². The Morgan fingerprint density at radius 1 is 1.15 bits per heavy atom. The summed E-state index contributed by atoms with van der Waals surface area (Å²) in [4.78, 5) is 69.7. The van der Waals surface area contributed by atoms with E-state index in [1.54, 1.807) is 0 Å². The van der Waals surface area contributed by atoms with Gasteiger partial charge < -0.3 is 36.7 Å². The number of H-pyrrole nitrogens is 1. The quantitative estimate of drug-likeness (QED) is 0.221. The number of primary amides is 1. The second kappa shape index (κ2) is 10.9. The number of aliphatic carboxylic acids is 1. The van der Waals surface area contributed by atoms with Gasteiger partial charge in [0.05, 0.1) is 18.8 Å². The highest BCUT2D eigenvalue weighted by Crippen LogP contribution is 2.20. The largest absolute Gasteiger partial charge is 0.480 e. The Bertz CT molecular complexity index is 883. The van der Waals surface area contributed by atoms with Crippen LogP contribution in [0.1, 0.15) is 37.8 Å². The lowest BCUT2D eigenvalue weighted by atomic mass is 10.1. The van der Waals surface area contributed by atoms with E-state index >= 15 is 0 Å². The van der Waals surface area contributed by atoms with Gasteiger partial charge in [-0.3, -0.25) is 19.2 Å². The SMILES string of the molecule is NC(=O)CC(NC(=O)C1CCCN1)C(=O)N1CCCC1C(=O)NC(Cc1cnc[nH]1)C(=O)O. The molecule has 3 heterocycles. The predicted octanol–water partition coefficient (Wildman–Crippen LogP) is -2.38. The van der Waals surface area contributed by atoms with Gasteiger partial charge in [-0.1, -0.05) is 0 Å². The molecule has 0 aliphatic carbocycles. The molecule has 13 nitrogen and oxygen atoms in total. The first-order valence-corrected chi connectivity index (χ1v) is 10.9. The molecule has 0 radical (unpaired) electrons. The maximum absolute atomic E-state index is 13.2. The van der Waals surface area contributed by atoms with Crippen LogP contribution in [0.15, 0.2) is 12.5 Å². The van der Waals surface area contributed by atoms with Crippen LogP contribution in [0.2, 0.25) is 0 Å². The van der Waals surface area contributed by atoms with Gasteiger partial charge in [0.1, 0.15) is 18.1 Å². The van der Waals surface area contributed by atoms with Gasteiger partial charge in [0.25, 0.3) is 0 Å². The third-order valence-corrected chi connectivity index (χ3v) is 5.83. The van der Waals surface area contributed by atoms with Crippen molar-refractivity contribution in [1.82, 2.24) is 30.8 Å². The minimum atomic E-state index is -1.23. The Kier molecular flexibility index (Phi) is 7.98. The van der Waals surface area contributed by atoms with Gasteiger partial charge in [0.15, 0.2) is 0 Å². The second-order valence-electron chi connectivity index (χ2n) is 8.25. The Labute approximate surface area is 189 Å². The van der Waals surface area contributed by atoms with Gasteiger partial charge in [-0.2, -0.15) is 0 Å². The second-order valence-corrected chi connectivity index (χ2v) is 8.25. The highest BCUT2D eigenvalue weighted by Gasteiger charge is 2.40. The molecule has 0 spiro atoms. The summed E-state index contributed by atoms with van der Waals surface area (Å²) in [7, 11) is 0. The average Bonchev–Trinajstić information content (AvgIpc) is 3.54. The van der Waals surface area contributed by atoms with Crippen LogP contribution < -0.4 is 21.7 Å². The van der Waals surface area contributed by atoms with Crippen LogP contribution in [-0.4, -0.2) is 86.8 Å². The molecule has 1 aromatic rings. The van der Waals surface area contributed by atoms with E-state index in [0.29, 0.717) is 31.5 Å². The van der Waals surface area contributed by atoms with E-state index in [9.17, 15) is 29.1 Å². The summed E-state index contributed by atoms with van der Waals surface area (Å²) in [6.07, 6.45) is 4.75. The van der Waals surface area contributed by atoms with Gasteiger partial charge in [-0.15, -0.1) is 0 Å². The molecule has 4 unspecified atom stereocenters. The standard InChI is InChI=1S/C20H29N7O6/c21-16(28)8-13(25-17(29)12-3-1-5-23-12)19(31)27-6-2-4-15(27)18(30)26-14(20(32)33)7-11-9-22-10-24-11/h9-10,12-15,23H,1-8H2,(H2,21,28)(H,22,24)(H,25,29)(H,26,30)(H,32,33). The van der Waals surface area contributed by atoms with E-state index in [0.717, 1.165) is 6.42 Å². The number of aromatic nitrogens is 2. The van der Waals surface area contributed by atoms with Crippen LogP contribution in [0.5, 0.6) is 0 Å². The number of hydrogen-bond donors (Lipinski definition) is 6. The van der Waals surface area contributed by atoms with Gasteiger partial charge in [0, 0.05) is 24.9 Å². The van der Waals surface area contributed by atoms with Crippen molar-refractivity contribution in [2.45, 2.75) is 62.7 Å². The lowest BCUT2D eigenvalue weighted by Crippen LogP contribution is -2.57. The van der Waals surface area contributed by atoms with E-state index in [4.69, 9.17) is 5.73 Å². The molecule has 1 aromatic heterocycles. The number of rotatable bonds is 10. The van der Waals surface area contributed by atoms with Crippen molar-refractivity contribution in [1.29, 1.82) is 0 Å². The number of carboxylic acid groups (broad SMARTS) is 1. The molecule has 2 aliphatic heterocycles. The number of imidazole rings is 1. The molecule has 13 heteroatoms. The Hall–Kier alpha value is -3.48. The lowest BCUT2D eigenvalue weighted by molar-refractivity contribution is -0.145. The maximum atomic E-state index is 13.2. The van der Waals surface area contributed by atoms with Crippen molar-refractivity contribution >= 4 is 29.6 Å². The average molecular weight is 463 g/mol. The smallest absolute Gasteiger partial charge is 0.326 e. The fourth-order valence-corrected chi connectivity index (χ4v) is 4.17. The molecule has 4 atom stereocenters. The Morgan fingerprint density at radius 3 is 2.52 bits per heavy atom. The number of nitrogens with one attached hydrogen (secondary N) is 4. The fourth-order valence-electron chi connectivity index (χ4n) is 4.17. The molecule has 2 fully saturated rings. The number of nitrogens with two attached hydrogens (primary N) is 1. The first-order valence-electron chi connectivity index (χ1n) is 10.9. The molecular formula is C20H29N7O6. The van der Waals surface area contributed by atoms with Gasteiger partial charge in [0.2, 0.25) is 23.6 Å². The Balaban J connectivity index is 1.67. The highest BCUT2D eigenvalue weighted by molar-refractivity contribution is 5.96. The van der Waals surface area contributed by atoms with E-state index in [-0.39, 0.29) is 13.0 Å². The number of carboxylic acids is 1. The third-order valence-electron chi connectivity index (χ3n) is 5.83. The summed E-state index contributed by atoms with van der Waals surface area (Å²) in [5.41, 5.74) is 5.82. The molecule has 2 saturated heterocycles. The fraction of sp³-hybridized carbons (Fsp3) is 0.600. The summed E-state index contributed by atoms with van der Waals surface area (Å²) < 4.78 is 0. The topological polar surface area (TPSA) is 200 Å². The van der Waals surface area contributed by atoms with Crippen molar-refractivity contribution in [3.63, 3.8) is 0 Å². The minimum Gasteiger partial charge on any atom is -0.480 e. The summed E-state index contributed by atoms with van der Waals surface area (Å²) >= 11 is 0. The van der Waals surface area contributed by atoms with Crippen molar-refractivity contribution in [3.05, 3.63) is 18.2 Å². The number of aromatic amines is 1. The summed E-state index contributed by atoms with van der Waals surface area (Å²) in [5, 5.41) is 17.6. The first-order chi connectivity index (χ1) is 15.8. The summed E-state index contributed by atoms with van der Waals surface area (Å²) in [6, 6.07) is -3.79. The minimum absolute atomic E-state index is 0.00349. The molecule has 180 valence electrons. The van der Waals surface area contributed by atoms with Gasteiger partial charge >= 0.3 is 5.97 Å². The van der Waals surface area contributed by atoms with Crippen molar-refractivity contribution in [2.75, 3.05) is 13.1 Å². The van der Waals surface area contributed by atoms with Crippen LogP contribution in [0, 0.1) is 0 Å². The van der Waals surface area contributed by atoms with Gasteiger partial charge in [-0.25, -0.2) is 9.78 Å². The summed E-state index contributed by atoms with van der Waals surface area (Å²) in [6.45, 7) is 0.923. The zero-order valence-electron chi connectivity index (χ0n) is 18.1. The number of carbonyl (C=O) groups is 5. The molecule has 3 rings (SSSR count). The molecule has 0 saturated carbocycles. The van der Waals surface area contributed by atoms with Crippen molar-refractivity contribution < 1.29 is 29.1 Å². The van der Waals surface area contributed by atoms with E-state index in [1.807, 2.05) is 0 Å². The third kappa shape index (κ3) is 6.28. The number of carbonyl (C=O) groups excluding carboxylic acids is 4. The van der Waals surface area contributed by atoms with Crippen molar-refractivity contribution in [3.8, 4) is 0 Å². The zero-order chi connectivity index (χ0) is 24.0. The molecule has 33 heavy (non-hydrogen) atoms.